The van der Waals surface area contributed by atoms with Crippen molar-refractivity contribution < 1.29 is 4.79 Å². The molecule has 0 bridgehead atoms. The van der Waals surface area contributed by atoms with E-state index >= 15 is 0 Å². The van der Waals surface area contributed by atoms with E-state index in [-0.39, 0.29) is 5.91 Å². The average molecular weight is 249 g/mol. The molecule has 1 rings (SSSR count). The number of pyridine rings is 1. The number of nitrogens with two attached hydrogens (primary N) is 1. The molecule has 18 heavy (non-hydrogen) atoms. The van der Waals surface area contributed by atoms with Gasteiger partial charge in [0.1, 0.15) is 0 Å². The van der Waals surface area contributed by atoms with Crippen molar-refractivity contribution in [2.45, 2.75) is 39.5 Å². The van der Waals surface area contributed by atoms with Gasteiger partial charge in [-0.15, -0.1) is 0 Å². The molecule has 0 saturated carbocycles. The lowest BCUT2D eigenvalue weighted by Gasteiger charge is -2.23. The fourth-order valence-electron chi connectivity index (χ4n) is 1.78. The zero-order chi connectivity index (χ0) is 13.4. The minimum absolute atomic E-state index is 0.0248. The summed E-state index contributed by atoms with van der Waals surface area (Å²) < 4.78 is 0. The van der Waals surface area contributed by atoms with Gasteiger partial charge >= 0.3 is 0 Å². The molecule has 0 aliphatic carbocycles. The number of unbranched alkanes of at least 4 members (excludes halogenated alkanes) is 2. The van der Waals surface area contributed by atoms with Crippen molar-refractivity contribution in [2.24, 2.45) is 0 Å². The van der Waals surface area contributed by atoms with Gasteiger partial charge in [0.25, 0.3) is 5.91 Å². The first-order valence-electron chi connectivity index (χ1n) is 6.69. The molecule has 0 unspecified atom stereocenters. The molecule has 4 heteroatoms. The second-order valence-electron chi connectivity index (χ2n) is 4.46. The highest BCUT2D eigenvalue weighted by atomic mass is 16.2. The standard InChI is InChI=1S/C14H23N3O/c1-3-5-9-17(10-6-4-2)14(18)12-7-8-16-11-13(12)15/h7-8,11H,3-6,9-10,15H2,1-2H3. The van der Waals surface area contributed by atoms with Gasteiger partial charge in [0.15, 0.2) is 0 Å². The third-order valence-corrected chi connectivity index (χ3v) is 2.93. The van der Waals surface area contributed by atoms with Gasteiger partial charge in [-0.2, -0.15) is 0 Å². The minimum atomic E-state index is 0.0248. The molecule has 0 aliphatic heterocycles. The maximum Gasteiger partial charge on any atom is 0.256 e. The molecule has 1 aromatic rings. The summed E-state index contributed by atoms with van der Waals surface area (Å²) in [4.78, 5) is 18.2. The molecule has 0 aliphatic rings. The van der Waals surface area contributed by atoms with Gasteiger partial charge in [0.2, 0.25) is 0 Å². The van der Waals surface area contributed by atoms with E-state index in [1.165, 1.54) is 6.20 Å². The number of rotatable bonds is 7. The Labute approximate surface area is 109 Å². The maximum atomic E-state index is 12.4. The van der Waals surface area contributed by atoms with E-state index in [0.717, 1.165) is 38.8 Å². The Morgan fingerprint density at radius 1 is 1.28 bits per heavy atom. The molecular weight excluding hydrogens is 226 g/mol. The molecule has 0 radical (unpaired) electrons. The second kappa shape index (κ2) is 7.69. The number of hydrogen-bond donors (Lipinski definition) is 1. The molecular formula is C14H23N3O. The first kappa shape index (κ1) is 14.5. The Hall–Kier alpha value is -1.58. The van der Waals surface area contributed by atoms with Crippen LogP contribution in [0.4, 0.5) is 5.69 Å². The Morgan fingerprint density at radius 2 is 1.89 bits per heavy atom. The number of nitrogen functional groups attached to an aromatic ring is 1. The quantitative estimate of drug-likeness (QED) is 0.808. The van der Waals surface area contributed by atoms with Crippen LogP contribution < -0.4 is 5.73 Å². The lowest BCUT2D eigenvalue weighted by molar-refractivity contribution is 0.0752. The van der Waals surface area contributed by atoms with Crippen molar-refractivity contribution in [3.05, 3.63) is 24.0 Å². The van der Waals surface area contributed by atoms with E-state index < -0.39 is 0 Å². The summed E-state index contributed by atoms with van der Waals surface area (Å²) in [5, 5.41) is 0. The van der Waals surface area contributed by atoms with Crippen LogP contribution >= 0.6 is 0 Å². The highest BCUT2D eigenvalue weighted by Crippen LogP contribution is 2.13. The van der Waals surface area contributed by atoms with Crippen LogP contribution in [0.1, 0.15) is 49.9 Å². The topological polar surface area (TPSA) is 59.2 Å². The van der Waals surface area contributed by atoms with Crippen molar-refractivity contribution in [1.29, 1.82) is 0 Å². The van der Waals surface area contributed by atoms with Crippen molar-refractivity contribution in [3.8, 4) is 0 Å². The molecule has 2 N–H and O–H groups in total. The Bertz CT molecular complexity index is 371. The SMILES string of the molecule is CCCCN(CCCC)C(=O)c1ccncc1N. The van der Waals surface area contributed by atoms with Crippen molar-refractivity contribution in [2.75, 3.05) is 18.8 Å². The van der Waals surface area contributed by atoms with Crippen LogP contribution in [0.15, 0.2) is 18.5 Å². The lowest BCUT2D eigenvalue weighted by atomic mass is 10.1. The molecule has 0 atom stereocenters. The zero-order valence-electron chi connectivity index (χ0n) is 11.4. The van der Waals surface area contributed by atoms with Crippen molar-refractivity contribution in [3.63, 3.8) is 0 Å². The first-order valence-corrected chi connectivity index (χ1v) is 6.69. The number of carbonyl (C=O) groups is 1. The third kappa shape index (κ3) is 4.02. The van der Waals surface area contributed by atoms with Crippen molar-refractivity contribution >= 4 is 11.6 Å². The highest BCUT2D eigenvalue weighted by molar-refractivity contribution is 5.98. The fourth-order valence-corrected chi connectivity index (χ4v) is 1.78. The number of amides is 1. The van der Waals surface area contributed by atoms with Crippen LogP contribution in [0.2, 0.25) is 0 Å². The molecule has 0 saturated heterocycles. The number of nitrogens with zero attached hydrogens (tertiary/aromatic N) is 2. The molecule has 0 spiro atoms. The third-order valence-electron chi connectivity index (χ3n) is 2.93. The van der Waals surface area contributed by atoms with Crippen LogP contribution in [-0.2, 0) is 0 Å². The summed E-state index contributed by atoms with van der Waals surface area (Å²) >= 11 is 0. The molecule has 4 nitrogen and oxygen atoms in total. The van der Waals surface area contributed by atoms with Gasteiger partial charge in [-0.25, -0.2) is 0 Å². The van der Waals surface area contributed by atoms with Gasteiger partial charge < -0.3 is 10.6 Å². The lowest BCUT2D eigenvalue weighted by Crippen LogP contribution is -2.33. The largest absolute Gasteiger partial charge is 0.397 e. The van der Waals surface area contributed by atoms with E-state index in [9.17, 15) is 4.79 Å². The van der Waals surface area contributed by atoms with E-state index in [2.05, 4.69) is 18.8 Å². The maximum absolute atomic E-state index is 12.4. The predicted molar refractivity (Wildman–Crippen MR) is 74.4 cm³/mol. The number of aromatic nitrogens is 1. The van der Waals surface area contributed by atoms with E-state index in [4.69, 9.17) is 5.73 Å². The average Bonchev–Trinajstić information content (AvgIpc) is 2.39. The fraction of sp³-hybridized carbons (Fsp3) is 0.571. The second-order valence-corrected chi connectivity index (χ2v) is 4.46. The van der Waals surface area contributed by atoms with Crippen LogP contribution in [-0.4, -0.2) is 28.9 Å². The normalized spacial score (nSPS) is 10.3. The summed E-state index contributed by atoms with van der Waals surface area (Å²) in [5.74, 6) is 0.0248. The Balaban J connectivity index is 2.77. The Morgan fingerprint density at radius 3 is 2.39 bits per heavy atom. The molecule has 0 aromatic carbocycles. The molecule has 1 amide bonds. The summed E-state index contributed by atoms with van der Waals surface area (Å²) in [5.41, 5.74) is 6.83. The monoisotopic (exact) mass is 249 g/mol. The zero-order valence-corrected chi connectivity index (χ0v) is 11.4. The molecule has 1 heterocycles. The predicted octanol–water partition coefficient (Wildman–Crippen LogP) is 2.71. The van der Waals surface area contributed by atoms with Crippen LogP contribution in [0, 0.1) is 0 Å². The summed E-state index contributed by atoms with van der Waals surface area (Å²) in [6, 6.07) is 1.70. The summed E-state index contributed by atoms with van der Waals surface area (Å²) in [6.45, 7) is 5.86. The number of anilines is 1. The minimum Gasteiger partial charge on any atom is -0.397 e. The van der Waals surface area contributed by atoms with Crippen molar-refractivity contribution in [1.82, 2.24) is 9.88 Å². The van der Waals surface area contributed by atoms with E-state index in [1.54, 1.807) is 12.3 Å². The number of hydrogen-bond acceptors (Lipinski definition) is 3. The van der Waals surface area contributed by atoms with Gasteiger partial charge in [-0.05, 0) is 18.9 Å². The molecule has 1 aromatic heterocycles. The smallest absolute Gasteiger partial charge is 0.256 e. The number of carbonyl (C=O) groups excluding carboxylic acids is 1. The van der Waals surface area contributed by atoms with Crippen LogP contribution in [0.3, 0.4) is 0 Å². The van der Waals surface area contributed by atoms with Crippen LogP contribution in [0.25, 0.3) is 0 Å². The van der Waals surface area contributed by atoms with Gasteiger partial charge in [-0.1, -0.05) is 26.7 Å². The van der Waals surface area contributed by atoms with Gasteiger partial charge in [0.05, 0.1) is 17.4 Å². The van der Waals surface area contributed by atoms with Gasteiger partial charge in [0, 0.05) is 19.3 Å². The van der Waals surface area contributed by atoms with Crippen LogP contribution in [0.5, 0.6) is 0 Å². The van der Waals surface area contributed by atoms with E-state index in [0.29, 0.717) is 11.3 Å². The first-order chi connectivity index (χ1) is 8.70. The summed E-state index contributed by atoms with van der Waals surface area (Å²) in [6.07, 6.45) is 7.37. The van der Waals surface area contributed by atoms with E-state index in [1.807, 2.05) is 4.90 Å². The highest BCUT2D eigenvalue weighted by Gasteiger charge is 2.16. The van der Waals surface area contributed by atoms with Gasteiger partial charge in [-0.3, -0.25) is 9.78 Å². The summed E-state index contributed by atoms with van der Waals surface area (Å²) in [7, 11) is 0. The molecule has 0 fully saturated rings. The molecule has 100 valence electrons. The Kier molecular flexibility index (Phi) is 6.19.